The summed E-state index contributed by atoms with van der Waals surface area (Å²) in [6, 6.07) is 11.9. The van der Waals surface area contributed by atoms with Gasteiger partial charge in [0.1, 0.15) is 0 Å². The number of ether oxygens (including phenoxy) is 4. The number of amides is 1. The van der Waals surface area contributed by atoms with E-state index in [1.807, 2.05) is 6.07 Å². The zero-order valence-electron chi connectivity index (χ0n) is 22.0. The highest BCUT2D eigenvalue weighted by Gasteiger charge is 2.74. The lowest BCUT2D eigenvalue weighted by molar-refractivity contribution is -0.282. The first-order valence-electron chi connectivity index (χ1n) is 12.9. The molecule has 10 nitrogen and oxygen atoms in total. The first-order valence-corrected chi connectivity index (χ1v) is 12.9. The van der Waals surface area contributed by atoms with Crippen LogP contribution in [0, 0.1) is 11.3 Å². The van der Waals surface area contributed by atoms with Crippen molar-refractivity contribution >= 4 is 18.0 Å². The van der Waals surface area contributed by atoms with Gasteiger partial charge in [-0.1, -0.05) is 18.2 Å². The molecule has 0 aliphatic carbocycles. The number of nitriles is 1. The first kappa shape index (κ1) is 28.4. The number of carbonyl (C=O) groups excluding carboxylic acids is 3. The lowest BCUT2D eigenvalue weighted by Crippen LogP contribution is -2.62. The molecule has 0 aromatic heterocycles. The van der Waals surface area contributed by atoms with Crippen LogP contribution in [-0.4, -0.2) is 72.6 Å². The molecule has 2 spiro atoms. The van der Waals surface area contributed by atoms with Gasteiger partial charge in [-0.15, -0.1) is 0 Å². The average Bonchev–Trinajstić information content (AvgIpc) is 3.36. The van der Waals surface area contributed by atoms with E-state index in [-0.39, 0.29) is 19.4 Å². The molecule has 13 heteroatoms. The second kappa shape index (κ2) is 10.7. The van der Waals surface area contributed by atoms with Gasteiger partial charge in [0.15, 0.2) is 0 Å². The van der Waals surface area contributed by atoms with Crippen LogP contribution in [0.4, 0.5) is 18.0 Å². The SMILES string of the molecule is CN1C(=O)OC2(CCN(CCCOCc3ccc(C(F)(F)F)cc3-c3cccc(C#N)c3)CC2)C12OC(=O)C(=O)O2. The number of rotatable bonds is 7. The number of nitrogens with zero attached hydrogens (tertiary/aromatic N) is 3. The van der Waals surface area contributed by atoms with Gasteiger partial charge >= 0.3 is 30.1 Å². The summed E-state index contributed by atoms with van der Waals surface area (Å²) in [7, 11) is 1.34. The van der Waals surface area contributed by atoms with Crippen molar-refractivity contribution in [2.24, 2.45) is 0 Å². The van der Waals surface area contributed by atoms with Gasteiger partial charge < -0.3 is 23.8 Å². The molecule has 3 fully saturated rings. The third-order valence-corrected chi connectivity index (χ3v) is 7.63. The van der Waals surface area contributed by atoms with Crippen molar-refractivity contribution in [2.45, 2.75) is 43.6 Å². The lowest BCUT2D eigenvalue weighted by Gasteiger charge is -2.43. The highest BCUT2D eigenvalue weighted by atomic mass is 19.4. The third kappa shape index (κ3) is 5.20. The minimum atomic E-state index is -4.51. The summed E-state index contributed by atoms with van der Waals surface area (Å²) >= 11 is 0. The van der Waals surface area contributed by atoms with E-state index >= 15 is 0 Å². The largest absolute Gasteiger partial charge is 0.432 e. The maximum Gasteiger partial charge on any atom is 0.422 e. The van der Waals surface area contributed by atoms with Crippen LogP contribution >= 0.6 is 0 Å². The Labute approximate surface area is 233 Å². The van der Waals surface area contributed by atoms with Crippen molar-refractivity contribution in [3.8, 4) is 17.2 Å². The minimum Gasteiger partial charge on any atom is -0.432 e. The monoisotopic (exact) mass is 573 g/mol. The van der Waals surface area contributed by atoms with Crippen LogP contribution in [-0.2, 0) is 41.3 Å². The molecular formula is C28H26F3N3O7. The fourth-order valence-electron chi connectivity index (χ4n) is 5.44. The average molecular weight is 574 g/mol. The smallest absolute Gasteiger partial charge is 0.422 e. The highest BCUT2D eigenvalue weighted by molar-refractivity contribution is 6.31. The van der Waals surface area contributed by atoms with Crippen molar-refractivity contribution in [1.82, 2.24) is 9.80 Å². The summed E-state index contributed by atoms with van der Waals surface area (Å²) in [5, 5.41) is 9.21. The summed E-state index contributed by atoms with van der Waals surface area (Å²) < 4.78 is 62.0. The van der Waals surface area contributed by atoms with Gasteiger partial charge in [0.2, 0.25) is 5.60 Å². The lowest BCUT2D eigenvalue weighted by atomic mass is 9.87. The van der Waals surface area contributed by atoms with E-state index in [9.17, 15) is 32.8 Å². The van der Waals surface area contributed by atoms with E-state index in [0.29, 0.717) is 54.9 Å². The van der Waals surface area contributed by atoms with Gasteiger partial charge in [-0.2, -0.15) is 18.4 Å². The second-order valence-corrected chi connectivity index (χ2v) is 10.1. The standard InChI is InChI=1S/C28H26F3N3O7/c1-33-25(37)41-26(28(33)39-23(35)24(36)40-28)8-11-34(12-9-26)10-3-13-38-17-20-6-7-21(27(29,30)31)15-22(20)19-5-2-4-18(14-19)16-32/h2,4-7,14-15H,3,8-13,17H2,1H3. The molecule has 2 aromatic rings. The van der Waals surface area contributed by atoms with E-state index in [1.54, 1.807) is 24.3 Å². The Morgan fingerprint density at radius 1 is 1.02 bits per heavy atom. The first-order chi connectivity index (χ1) is 19.5. The van der Waals surface area contributed by atoms with Gasteiger partial charge in [-0.3, -0.25) is 0 Å². The molecule has 0 atom stereocenters. The molecule has 0 radical (unpaired) electrons. The molecule has 3 saturated heterocycles. The van der Waals surface area contributed by atoms with Gasteiger partial charge in [0.05, 0.1) is 23.8 Å². The predicted octanol–water partition coefficient (Wildman–Crippen LogP) is 3.82. The van der Waals surface area contributed by atoms with Gasteiger partial charge in [-0.05, 0) is 47.4 Å². The van der Waals surface area contributed by atoms with Crippen LogP contribution in [0.1, 0.15) is 36.0 Å². The van der Waals surface area contributed by atoms with E-state index in [1.165, 1.54) is 13.1 Å². The normalized spacial score (nSPS) is 19.8. The molecule has 3 heterocycles. The number of likely N-dealkylation sites (N-methyl/N-ethyl adjacent to an activating group) is 1. The van der Waals surface area contributed by atoms with Crippen molar-refractivity contribution in [1.29, 1.82) is 5.26 Å². The minimum absolute atomic E-state index is 0.0783. The molecule has 2 aromatic carbocycles. The molecule has 3 aliphatic heterocycles. The van der Waals surface area contributed by atoms with Crippen LogP contribution in [0.15, 0.2) is 42.5 Å². The van der Waals surface area contributed by atoms with E-state index < -0.39 is 41.3 Å². The zero-order valence-corrected chi connectivity index (χ0v) is 22.0. The van der Waals surface area contributed by atoms with E-state index in [4.69, 9.17) is 18.9 Å². The molecule has 216 valence electrons. The Hall–Kier alpha value is -4.15. The molecular weight excluding hydrogens is 547 g/mol. The van der Waals surface area contributed by atoms with E-state index in [0.717, 1.165) is 17.0 Å². The number of carbonyl (C=O) groups is 3. The number of likely N-dealkylation sites (tertiary alicyclic amines) is 1. The molecule has 3 aliphatic rings. The van der Waals surface area contributed by atoms with Gasteiger partial charge in [-0.25, -0.2) is 19.3 Å². The Kier molecular flexibility index (Phi) is 7.39. The van der Waals surface area contributed by atoms with Crippen LogP contribution in [0.2, 0.25) is 0 Å². The number of hydrogen-bond acceptors (Lipinski definition) is 9. The number of benzene rings is 2. The maximum absolute atomic E-state index is 13.4. The summed E-state index contributed by atoms with van der Waals surface area (Å²) in [5.74, 6) is -4.27. The predicted molar refractivity (Wildman–Crippen MR) is 133 cm³/mol. The number of piperidine rings is 1. The van der Waals surface area contributed by atoms with Crippen LogP contribution in [0.3, 0.4) is 0 Å². The molecule has 0 N–H and O–H groups in total. The second-order valence-electron chi connectivity index (χ2n) is 10.1. The maximum atomic E-state index is 13.4. The van der Waals surface area contributed by atoms with Crippen molar-refractivity contribution < 1.29 is 46.5 Å². The number of fused-ring (bicyclic) bond motifs is 1. The summed E-state index contributed by atoms with van der Waals surface area (Å²) in [5.41, 5.74) is -0.364. The fourth-order valence-corrected chi connectivity index (χ4v) is 5.44. The summed E-state index contributed by atoms with van der Waals surface area (Å²) in [6.07, 6.45) is -4.12. The molecule has 0 unspecified atom stereocenters. The summed E-state index contributed by atoms with van der Waals surface area (Å²) in [6.45, 7) is 1.97. The Balaban J connectivity index is 1.17. The third-order valence-electron chi connectivity index (χ3n) is 7.63. The highest BCUT2D eigenvalue weighted by Crippen LogP contribution is 2.49. The number of hydrogen-bond donors (Lipinski definition) is 0. The van der Waals surface area contributed by atoms with Crippen LogP contribution in [0.25, 0.3) is 11.1 Å². The number of esters is 2. The van der Waals surface area contributed by atoms with Gasteiger partial charge in [0, 0.05) is 46.1 Å². The van der Waals surface area contributed by atoms with E-state index in [2.05, 4.69) is 4.90 Å². The van der Waals surface area contributed by atoms with Crippen LogP contribution < -0.4 is 0 Å². The number of alkyl halides is 3. The molecule has 0 bridgehead atoms. The molecule has 5 rings (SSSR count). The molecule has 41 heavy (non-hydrogen) atoms. The topological polar surface area (TPSA) is 118 Å². The number of halogens is 3. The van der Waals surface area contributed by atoms with Crippen LogP contribution in [0.5, 0.6) is 0 Å². The van der Waals surface area contributed by atoms with Crippen molar-refractivity contribution in [2.75, 3.05) is 33.3 Å². The zero-order chi connectivity index (χ0) is 29.4. The van der Waals surface area contributed by atoms with Crippen molar-refractivity contribution in [3.63, 3.8) is 0 Å². The summed E-state index contributed by atoms with van der Waals surface area (Å²) in [4.78, 5) is 39.0. The Bertz CT molecular complexity index is 1400. The quantitative estimate of drug-likeness (QED) is 0.277. The molecule has 0 saturated carbocycles. The van der Waals surface area contributed by atoms with Gasteiger partial charge in [0.25, 0.3) is 0 Å². The Morgan fingerprint density at radius 2 is 1.73 bits per heavy atom. The molecule has 1 amide bonds. The Morgan fingerprint density at radius 3 is 2.39 bits per heavy atom. The van der Waals surface area contributed by atoms with Crippen molar-refractivity contribution in [3.05, 3.63) is 59.2 Å². The fraction of sp³-hybridized carbons (Fsp3) is 0.429.